The number of carbonyl (C=O) groups excluding carboxylic acids is 1. The molecule has 98 valence electrons. The van der Waals surface area contributed by atoms with E-state index in [1.54, 1.807) is 0 Å². The lowest BCUT2D eigenvalue weighted by molar-refractivity contribution is 0.0493. The molecular weight excluding hydrogens is 230 g/mol. The highest BCUT2D eigenvalue weighted by atomic mass is 16.6. The van der Waals surface area contributed by atoms with Crippen molar-refractivity contribution < 1.29 is 14.6 Å². The first-order valence-corrected chi connectivity index (χ1v) is 6.13. The Morgan fingerprint density at radius 2 is 1.94 bits per heavy atom. The summed E-state index contributed by atoms with van der Waals surface area (Å²) in [6.07, 6.45) is -0.462. The summed E-state index contributed by atoms with van der Waals surface area (Å²) >= 11 is 0. The van der Waals surface area contributed by atoms with E-state index in [9.17, 15) is 9.90 Å². The van der Waals surface area contributed by atoms with E-state index in [1.807, 2.05) is 45.0 Å². The Balaban J connectivity index is 2.07. The molecule has 0 aromatic heterocycles. The molecule has 1 aromatic rings. The Morgan fingerprint density at radius 3 is 2.56 bits per heavy atom. The third-order valence-electron chi connectivity index (χ3n) is 2.88. The summed E-state index contributed by atoms with van der Waals surface area (Å²) in [5.41, 5.74) is 1.34. The largest absolute Gasteiger partial charge is 0.444 e. The number of nitrogens with one attached hydrogen (secondary N) is 1. The van der Waals surface area contributed by atoms with Gasteiger partial charge in [0.05, 0.1) is 12.1 Å². The van der Waals surface area contributed by atoms with Gasteiger partial charge in [-0.1, -0.05) is 24.3 Å². The molecule has 2 atom stereocenters. The molecule has 18 heavy (non-hydrogen) atoms. The molecule has 0 radical (unpaired) electrons. The zero-order valence-corrected chi connectivity index (χ0v) is 10.9. The number of aliphatic hydroxyl groups excluding tert-OH is 1. The minimum atomic E-state index is -0.513. The number of ether oxygens (including phenoxy) is 1. The molecule has 1 aliphatic carbocycles. The molecule has 0 aliphatic heterocycles. The second-order valence-electron chi connectivity index (χ2n) is 5.58. The zero-order chi connectivity index (χ0) is 13.3. The Labute approximate surface area is 107 Å². The molecule has 0 fully saturated rings. The van der Waals surface area contributed by atoms with Crippen molar-refractivity contribution in [3.8, 4) is 0 Å². The fourth-order valence-electron chi connectivity index (χ4n) is 2.20. The first kappa shape index (κ1) is 12.9. The molecule has 1 aromatic carbocycles. The molecule has 0 saturated heterocycles. The van der Waals surface area contributed by atoms with Crippen molar-refractivity contribution in [1.29, 1.82) is 0 Å². The Hall–Kier alpha value is -1.55. The highest BCUT2D eigenvalue weighted by molar-refractivity contribution is 5.68. The SMILES string of the molecule is CC(C)(C)OC(=O)N[C@H]1C[C@H](O)c2ccccc21. The second-order valence-corrected chi connectivity index (χ2v) is 5.58. The minimum Gasteiger partial charge on any atom is -0.444 e. The normalized spacial score (nSPS) is 22.4. The molecule has 2 N–H and O–H groups in total. The predicted octanol–water partition coefficient (Wildman–Crippen LogP) is 2.69. The van der Waals surface area contributed by atoms with Crippen LogP contribution in [0.2, 0.25) is 0 Å². The van der Waals surface area contributed by atoms with E-state index in [4.69, 9.17) is 4.74 Å². The predicted molar refractivity (Wildman–Crippen MR) is 68.1 cm³/mol. The van der Waals surface area contributed by atoms with Gasteiger partial charge in [-0.2, -0.15) is 0 Å². The summed E-state index contributed by atoms with van der Waals surface area (Å²) < 4.78 is 5.22. The highest BCUT2D eigenvalue weighted by Gasteiger charge is 2.31. The van der Waals surface area contributed by atoms with E-state index >= 15 is 0 Å². The van der Waals surface area contributed by atoms with Gasteiger partial charge >= 0.3 is 6.09 Å². The summed E-state index contributed by atoms with van der Waals surface area (Å²) in [5, 5.41) is 12.7. The number of fused-ring (bicyclic) bond motifs is 1. The van der Waals surface area contributed by atoms with Crippen LogP contribution in [-0.2, 0) is 4.74 Å². The van der Waals surface area contributed by atoms with Gasteiger partial charge in [0.1, 0.15) is 5.60 Å². The summed E-state index contributed by atoms with van der Waals surface area (Å²) in [5.74, 6) is 0. The monoisotopic (exact) mass is 249 g/mol. The van der Waals surface area contributed by atoms with Crippen molar-refractivity contribution in [2.75, 3.05) is 0 Å². The number of amides is 1. The molecule has 2 rings (SSSR count). The second kappa shape index (κ2) is 4.61. The Bertz CT molecular complexity index is 451. The average molecular weight is 249 g/mol. The average Bonchev–Trinajstić information content (AvgIpc) is 2.54. The van der Waals surface area contributed by atoms with Crippen LogP contribution in [-0.4, -0.2) is 16.8 Å². The maximum absolute atomic E-state index is 11.7. The first-order valence-electron chi connectivity index (χ1n) is 6.13. The molecule has 0 saturated carbocycles. The number of hydrogen-bond acceptors (Lipinski definition) is 3. The molecule has 1 aliphatic rings. The maximum Gasteiger partial charge on any atom is 0.408 e. The topological polar surface area (TPSA) is 58.6 Å². The van der Waals surface area contributed by atoms with Crippen LogP contribution >= 0.6 is 0 Å². The van der Waals surface area contributed by atoms with E-state index in [0.29, 0.717) is 6.42 Å². The summed E-state index contributed by atoms with van der Waals surface area (Å²) in [7, 11) is 0. The minimum absolute atomic E-state index is 0.175. The van der Waals surface area contributed by atoms with Crippen LogP contribution in [0.3, 0.4) is 0 Å². The van der Waals surface area contributed by atoms with Gasteiger partial charge < -0.3 is 15.2 Å². The van der Waals surface area contributed by atoms with Crippen LogP contribution in [0.25, 0.3) is 0 Å². The third-order valence-corrected chi connectivity index (χ3v) is 2.88. The quantitative estimate of drug-likeness (QED) is 0.804. The highest BCUT2D eigenvalue weighted by Crippen LogP contribution is 2.38. The molecule has 4 heteroatoms. The van der Waals surface area contributed by atoms with Crippen LogP contribution < -0.4 is 5.32 Å². The van der Waals surface area contributed by atoms with Gasteiger partial charge in [-0.05, 0) is 31.9 Å². The number of hydrogen-bond donors (Lipinski definition) is 2. The van der Waals surface area contributed by atoms with E-state index in [-0.39, 0.29) is 6.04 Å². The third kappa shape index (κ3) is 2.82. The number of aliphatic hydroxyl groups is 1. The van der Waals surface area contributed by atoms with Crippen LogP contribution in [0, 0.1) is 0 Å². The van der Waals surface area contributed by atoms with Crippen LogP contribution in [0.4, 0.5) is 4.79 Å². The van der Waals surface area contributed by atoms with Crippen LogP contribution in [0.1, 0.15) is 50.5 Å². The van der Waals surface area contributed by atoms with E-state index in [2.05, 4.69) is 5.32 Å². The fraction of sp³-hybridized carbons (Fsp3) is 0.500. The van der Waals surface area contributed by atoms with E-state index in [1.165, 1.54) is 0 Å². The van der Waals surface area contributed by atoms with Gasteiger partial charge in [-0.3, -0.25) is 0 Å². The van der Waals surface area contributed by atoms with Crippen LogP contribution in [0.5, 0.6) is 0 Å². The molecule has 4 nitrogen and oxygen atoms in total. The zero-order valence-electron chi connectivity index (χ0n) is 10.9. The van der Waals surface area contributed by atoms with Gasteiger partial charge in [0.15, 0.2) is 0 Å². The smallest absolute Gasteiger partial charge is 0.408 e. The first-order chi connectivity index (χ1) is 8.37. The molecule has 0 spiro atoms. The van der Waals surface area contributed by atoms with Gasteiger partial charge in [0.25, 0.3) is 0 Å². The molecule has 0 unspecified atom stereocenters. The van der Waals surface area contributed by atoms with Crippen molar-refractivity contribution in [3.05, 3.63) is 35.4 Å². The number of carbonyl (C=O) groups is 1. The number of benzene rings is 1. The fourth-order valence-corrected chi connectivity index (χ4v) is 2.20. The maximum atomic E-state index is 11.7. The molecule has 1 amide bonds. The summed E-state index contributed by atoms with van der Waals surface area (Å²) in [6.45, 7) is 5.47. The van der Waals surface area contributed by atoms with E-state index in [0.717, 1.165) is 11.1 Å². The van der Waals surface area contributed by atoms with E-state index < -0.39 is 17.8 Å². The Morgan fingerprint density at radius 1 is 1.33 bits per heavy atom. The van der Waals surface area contributed by atoms with Crippen molar-refractivity contribution >= 4 is 6.09 Å². The lowest BCUT2D eigenvalue weighted by atomic mass is 10.1. The number of rotatable bonds is 1. The van der Waals surface area contributed by atoms with Crippen LogP contribution in [0.15, 0.2) is 24.3 Å². The summed E-state index contributed by atoms with van der Waals surface area (Å²) in [4.78, 5) is 11.7. The lowest BCUT2D eigenvalue weighted by Gasteiger charge is -2.22. The molecule has 0 bridgehead atoms. The molecule has 0 heterocycles. The summed E-state index contributed by atoms with van der Waals surface area (Å²) in [6, 6.07) is 7.43. The van der Waals surface area contributed by atoms with Gasteiger partial charge in [0, 0.05) is 6.42 Å². The number of alkyl carbamates (subject to hydrolysis) is 1. The Kier molecular flexibility index (Phi) is 3.30. The van der Waals surface area contributed by atoms with Gasteiger partial charge in [-0.15, -0.1) is 0 Å². The standard InChI is InChI=1S/C14H19NO3/c1-14(2,3)18-13(17)15-11-8-12(16)10-7-5-4-6-9(10)11/h4-7,11-12,16H,8H2,1-3H3,(H,15,17)/t11-,12-/m0/s1. The van der Waals surface area contributed by atoms with Gasteiger partial charge in [0.2, 0.25) is 0 Å². The van der Waals surface area contributed by atoms with Crippen molar-refractivity contribution in [3.63, 3.8) is 0 Å². The van der Waals surface area contributed by atoms with Crippen molar-refractivity contribution in [2.24, 2.45) is 0 Å². The lowest BCUT2D eigenvalue weighted by Crippen LogP contribution is -2.34. The van der Waals surface area contributed by atoms with Gasteiger partial charge in [-0.25, -0.2) is 4.79 Å². The van der Waals surface area contributed by atoms with Crippen molar-refractivity contribution in [1.82, 2.24) is 5.32 Å². The molecular formula is C14H19NO3. The van der Waals surface area contributed by atoms with Crippen molar-refractivity contribution in [2.45, 2.75) is 44.9 Å².